The monoisotopic (exact) mass is 399 g/mol. The first-order chi connectivity index (χ1) is 10.8. The Bertz CT molecular complexity index is 874. The summed E-state index contributed by atoms with van der Waals surface area (Å²) in [6, 6.07) is 6.37. The van der Waals surface area contributed by atoms with Crippen LogP contribution in [0.1, 0.15) is 21.7 Å². The number of benzene rings is 1. The van der Waals surface area contributed by atoms with E-state index in [0.717, 1.165) is 10.2 Å². The van der Waals surface area contributed by atoms with Crippen molar-refractivity contribution in [2.75, 3.05) is 6.54 Å². The first-order valence-electron chi connectivity index (χ1n) is 6.84. The normalized spacial score (nSPS) is 15.4. The molecule has 0 radical (unpaired) electrons. The van der Waals surface area contributed by atoms with E-state index in [2.05, 4.69) is 21.0 Å². The number of carbonyl (C=O) groups is 1. The average molecular weight is 400 g/mol. The minimum absolute atomic E-state index is 0.0171. The van der Waals surface area contributed by atoms with Crippen LogP contribution >= 0.6 is 15.9 Å². The predicted molar refractivity (Wildman–Crippen MR) is 85.6 cm³/mol. The van der Waals surface area contributed by atoms with Gasteiger partial charge in [-0.2, -0.15) is 9.40 Å². The van der Waals surface area contributed by atoms with Crippen LogP contribution in [0.5, 0.6) is 0 Å². The molecule has 0 aliphatic carbocycles. The van der Waals surface area contributed by atoms with Gasteiger partial charge in [-0.3, -0.25) is 4.68 Å². The Balaban J connectivity index is 1.98. The Morgan fingerprint density at radius 2 is 1.96 bits per heavy atom. The van der Waals surface area contributed by atoms with E-state index in [1.807, 2.05) is 0 Å². The number of carboxylic acids is 1. The third-order valence-corrected chi connectivity index (χ3v) is 6.25. The lowest BCUT2D eigenvalue weighted by Crippen LogP contribution is -2.36. The van der Waals surface area contributed by atoms with Gasteiger partial charge in [-0.05, 0) is 24.3 Å². The van der Waals surface area contributed by atoms with Crippen LogP contribution in [-0.2, 0) is 30.0 Å². The summed E-state index contributed by atoms with van der Waals surface area (Å²) in [5.74, 6) is -1.15. The van der Waals surface area contributed by atoms with Gasteiger partial charge in [0, 0.05) is 42.3 Å². The molecule has 0 saturated heterocycles. The highest BCUT2D eigenvalue weighted by Crippen LogP contribution is 2.27. The first kappa shape index (κ1) is 16.2. The van der Waals surface area contributed by atoms with Crippen molar-refractivity contribution in [3.8, 4) is 0 Å². The van der Waals surface area contributed by atoms with Crippen LogP contribution in [-0.4, -0.2) is 40.1 Å². The van der Waals surface area contributed by atoms with Gasteiger partial charge >= 0.3 is 5.97 Å². The van der Waals surface area contributed by atoms with Crippen LogP contribution in [0.4, 0.5) is 0 Å². The largest absolute Gasteiger partial charge is 0.476 e. The second-order valence-electron chi connectivity index (χ2n) is 5.25. The molecule has 2 heterocycles. The lowest BCUT2D eigenvalue weighted by atomic mass is 10.1. The van der Waals surface area contributed by atoms with E-state index in [4.69, 9.17) is 0 Å². The molecule has 7 nitrogen and oxygen atoms in total. The van der Waals surface area contributed by atoms with Crippen molar-refractivity contribution < 1.29 is 18.3 Å². The Labute approximate surface area is 141 Å². The van der Waals surface area contributed by atoms with Gasteiger partial charge in [-0.25, -0.2) is 13.2 Å². The maximum absolute atomic E-state index is 12.7. The minimum atomic E-state index is -3.67. The highest BCUT2D eigenvalue weighted by Gasteiger charge is 2.33. The van der Waals surface area contributed by atoms with Crippen molar-refractivity contribution in [2.45, 2.75) is 17.9 Å². The number of carboxylic acid groups (broad SMARTS) is 1. The lowest BCUT2D eigenvalue weighted by Gasteiger charge is -2.26. The molecule has 0 atom stereocenters. The van der Waals surface area contributed by atoms with Gasteiger partial charge in [0.25, 0.3) is 0 Å². The average Bonchev–Trinajstić information content (AvgIpc) is 2.85. The molecule has 23 heavy (non-hydrogen) atoms. The summed E-state index contributed by atoms with van der Waals surface area (Å²) in [5, 5.41) is 13.2. The number of hydrogen-bond acceptors (Lipinski definition) is 4. The summed E-state index contributed by atoms with van der Waals surface area (Å²) in [4.78, 5) is 11.5. The van der Waals surface area contributed by atoms with Crippen LogP contribution < -0.4 is 0 Å². The highest BCUT2D eigenvalue weighted by molar-refractivity contribution is 9.10. The molecule has 1 aromatic heterocycles. The third-order valence-electron chi connectivity index (χ3n) is 3.86. The molecule has 0 fully saturated rings. The number of aromatic carboxylic acids is 1. The summed E-state index contributed by atoms with van der Waals surface area (Å²) in [6.07, 6.45) is 0.432. The summed E-state index contributed by atoms with van der Waals surface area (Å²) < 4.78 is 29.1. The van der Waals surface area contributed by atoms with Gasteiger partial charge in [0.05, 0.1) is 4.90 Å². The number of nitrogens with zero attached hydrogens (tertiary/aromatic N) is 3. The van der Waals surface area contributed by atoms with E-state index >= 15 is 0 Å². The Hall–Kier alpha value is -1.71. The fourth-order valence-electron chi connectivity index (χ4n) is 2.70. The predicted octanol–water partition coefficient (Wildman–Crippen LogP) is 1.63. The first-order valence-corrected chi connectivity index (χ1v) is 9.08. The molecule has 0 saturated carbocycles. The van der Waals surface area contributed by atoms with Gasteiger partial charge in [-0.1, -0.05) is 15.9 Å². The van der Waals surface area contributed by atoms with E-state index in [1.165, 1.54) is 21.1 Å². The third kappa shape index (κ3) is 2.79. The standard InChI is InChI=1S/C14H14BrN3O4S/c1-17-12-6-7-18(8-11(12)13(16-17)14(19)20)23(21,22)10-4-2-9(15)3-5-10/h2-5H,6-8H2,1H3,(H,19,20). The fraction of sp³-hybridized carbons (Fsp3) is 0.286. The molecule has 1 N–H and O–H groups in total. The number of aryl methyl sites for hydroxylation is 1. The molecular formula is C14H14BrN3O4S. The zero-order valence-corrected chi connectivity index (χ0v) is 14.6. The number of aromatic nitrogens is 2. The Kier molecular flexibility index (Phi) is 4.03. The zero-order valence-electron chi connectivity index (χ0n) is 12.2. The van der Waals surface area contributed by atoms with Crippen LogP contribution in [0.15, 0.2) is 33.6 Å². The molecule has 0 spiro atoms. The molecule has 0 unspecified atom stereocenters. The summed E-state index contributed by atoms with van der Waals surface area (Å²) in [6.45, 7) is 0.313. The topological polar surface area (TPSA) is 92.5 Å². The van der Waals surface area contributed by atoms with Crippen molar-refractivity contribution in [3.63, 3.8) is 0 Å². The van der Waals surface area contributed by atoms with Crippen molar-refractivity contribution >= 4 is 31.9 Å². The quantitative estimate of drug-likeness (QED) is 0.846. The summed E-state index contributed by atoms with van der Waals surface area (Å²) in [7, 11) is -2.00. The Morgan fingerprint density at radius 1 is 1.30 bits per heavy atom. The van der Waals surface area contributed by atoms with E-state index in [-0.39, 0.29) is 17.1 Å². The van der Waals surface area contributed by atoms with Crippen molar-refractivity contribution in [3.05, 3.63) is 45.7 Å². The number of fused-ring (bicyclic) bond motifs is 1. The van der Waals surface area contributed by atoms with Gasteiger partial charge < -0.3 is 5.11 Å². The van der Waals surface area contributed by atoms with Crippen molar-refractivity contribution in [2.24, 2.45) is 7.05 Å². The van der Waals surface area contributed by atoms with E-state index in [1.54, 1.807) is 19.2 Å². The van der Waals surface area contributed by atoms with Crippen LogP contribution in [0, 0.1) is 0 Å². The Morgan fingerprint density at radius 3 is 2.57 bits per heavy atom. The molecule has 1 aliphatic rings. The van der Waals surface area contributed by atoms with Crippen LogP contribution in [0.25, 0.3) is 0 Å². The fourth-order valence-corrected chi connectivity index (χ4v) is 4.37. The maximum atomic E-state index is 12.7. The smallest absolute Gasteiger partial charge is 0.356 e. The highest BCUT2D eigenvalue weighted by atomic mass is 79.9. The number of rotatable bonds is 3. The number of hydrogen-bond donors (Lipinski definition) is 1. The maximum Gasteiger partial charge on any atom is 0.356 e. The molecule has 0 bridgehead atoms. The molecule has 3 rings (SSSR count). The lowest BCUT2D eigenvalue weighted by molar-refractivity contribution is 0.0687. The van der Waals surface area contributed by atoms with Crippen LogP contribution in [0.3, 0.4) is 0 Å². The van der Waals surface area contributed by atoms with Crippen molar-refractivity contribution in [1.29, 1.82) is 0 Å². The summed E-state index contributed by atoms with van der Waals surface area (Å²) >= 11 is 3.27. The van der Waals surface area contributed by atoms with Crippen LogP contribution in [0.2, 0.25) is 0 Å². The molecule has 122 valence electrons. The second-order valence-corrected chi connectivity index (χ2v) is 8.10. The number of sulfonamides is 1. The van der Waals surface area contributed by atoms with Gasteiger partial charge in [-0.15, -0.1) is 0 Å². The molecule has 2 aromatic rings. The SMILES string of the molecule is Cn1nc(C(=O)O)c2c1CCN(S(=O)(=O)c1ccc(Br)cc1)C2. The van der Waals surface area contributed by atoms with Gasteiger partial charge in [0.2, 0.25) is 10.0 Å². The van der Waals surface area contributed by atoms with E-state index in [9.17, 15) is 18.3 Å². The second kappa shape index (κ2) is 5.73. The van der Waals surface area contributed by atoms with Gasteiger partial charge in [0.15, 0.2) is 5.69 Å². The van der Waals surface area contributed by atoms with Gasteiger partial charge in [0.1, 0.15) is 0 Å². The van der Waals surface area contributed by atoms with E-state index < -0.39 is 16.0 Å². The molecule has 1 aromatic carbocycles. The molecule has 9 heteroatoms. The summed E-state index contributed by atoms with van der Waals surface area (Å²) in [5.41, 5.74) is 1.15. The molecular weight excluding hydrogens is 386 g/mol. The molecule has 0 amide bonds. The number of halogens is 1. The van der Waals surface area contributed by atoms with Crippen molar-refractivity contribution in [1.82, 2.24) is 14.1 Å². The van der Waals surface area contributed by atoms with E-state index in [0.29, 0.717) is 18.5 Å². The molecule has 1 aliphatic heterocycles. The minimum Gasteiger partial charge on any atom is -0.476 e. The zero-order chi connectivity index (χ0) is 16.8.